The molecule has 2 nitrogen and oxygen atoms in total. The van der Waals surface area contributed by atoms with Gasteiger partial charge < -0.3 is 4.90 Å². The van der Waals surface area contributed by atoms with E-state index in [-0.39, 0.29) is 0 Å². The van der Waals surface area contributed by atoms with E-state index in [2.05, 4.69) is 37.5 Å². The molecule has 2 aliphatic heterocycles. The van der Waals surface area contributed by atoms with Crippen LogP contribution in [-0.2, 0) is 0 Å². The summed E-state index contributed by atoms with van der Waals surface area (Å²) in [4.78, 5) is 5.56. The van der Waals surface area contributed by atoms with Crippen LogP contribution in [-0.4, -0.2) is 48.1 Å². The lowest BCUT2D eigenvalue weighted by Crippen LogP contribution is -2.43. The molecule has 4 atom stereocenters. The van der Waals surface area contributed by atoms with Gasteiger partial charge in [0.05, 0.1) is 0 Å². The van der Waals surface area contributed by atoms with Crippen LogP contribution in [0.15, 0.2) is 0 Å². The van der Waals surface area contributed by atoms with Crippen molar-refractivity contribution in [2.75, 3.05) is 32.7 Å². The van der Waals surface area contributed by atoms with Gasteiger partial charge in [0.25, 0.3) is 0 Å². The lowest BCUT2D eigenvalue weighted by molar-refractivity contribution is 0.122. The second kappa shape index (κ2) is 4.96. The van der Waals surface area contributed by atoms with E-state index in [0.29, 0.717) is 5.54 Å². The molecule has 2 aliphatic carbocycles. The standard InChI is InChI=1S/C19H34N2/c1-13(2)8-20-11-17-16(18(17)12-20)7-19(3,4)21-9-14-5-6-15(14)10-21/h13-18H,5-12H2,1-4H3. The second-order valence-corrected chi connectivity index (χ2v) is 9.62. The summed E-state index contributed by atoms with van der Waals surface area (Å²) >= 11 is 0. The van der Waals surface area contributed by atoms with E-state index in [1.807, 2.05) is 0 Å². The van der Waals surface area contributed by atoms with Crippen LogP contribution in [0.2, 0.25) is 0 Å². The van der Waals surface area contributed by atoms with Crippen molar-refractivity contribution in [2.45, 2.75) is 52.5 Å². The van der Waals surface area contributed by atoms with E-state index < -0.39 is 0 Å². The van der Waals surface area contributed by atoms with Crippen LogP contribution >= 0.6 is 0 Å². The van der Waals surface area contributed by atoms with Gasteiger partial charge in [0, 0.05) is 38.3 Å². The second-order valence-electron chi connectivity index (χ2n) is 9.62. The fourth-order valence-corrected chi connectivity index (χ4v) is 5.66. The van der Waals surface area contributed by atoms with Crippen molar-refractivity contribution in [3.8, 4) is 0 Å². The van der Waals surface area contributed by atoms with Crippen LogP contribution in [0.25, 0.3) is 0 Å². The van der Waals surface area contributed by atoms with Crippen molar-refractivity contribution < 1.29 is 0 Å². The molecule has 0 amide bonds. The predicted octanol–water partition coefficient (Wildman–Crippen LogP) is 3.33. The van der Waals surface area contributed by atoms with Crippen molar-refractivity contribution in [1.29, 1.82) is 0 Å². The smallest absolute Gasteiger partial charge is 0.0156 e. The highest BCUT2D eigenvalue weighted by Crippen LogP contribution is 2.56. The van der Waals surface area contributed by atoms with Gasteiger partial charge in [-0.25, -0.2) is 0 Å². The molecule has 120 valence electrons. The highest BCUT2D eigenvalue weighted by atomic mass is 15.2. The molecule has 0 radical (unpaired) electrons. The van der Waals surface area contributed by atoms with E-state index in [9.17, 15) is 0 Å². The Kier molecular flexibility index (Phi) is 3.43. The summed E-state index contributed by atoms with van der Waals surface area (Å²) in [6, 6.07) is 0. The first-order chi connectivity index (χ1) is 9.94. The molecule has 4 rings (SSSR count). The number of piperidine rings is 1. The Morgan fingerprint density at radius 2 is 1.52 bits per heavy atom. The number of hydrogen-bond donors (Lipinski definition) is 0. The van der Waals surface area contributed by atoms with Gasteiger partial charge in [-0.05, 0) is 68.6 Å². The molecule has 2 heteroatoms. The average Bonchev–Trinajstić information content (AvgIpc) is 2.72. The Morgan fingerprint density at radius 1 is 0.952 bits per heavy atom. The minimum atomic E-state index is 0.454. The van der Waals surface area contributed by atoms with Crippen LogP contribution in [0, 0.1) is 35.5 Å². The lowest BCUT2D eigenvalue weighted by atomic mass is 9.77. The Morgan fingerprint density at radius 3 is 2.00 bits per heavy atom. The number of hydrogen-bond acceptors (Lipinski definition) is 2. The highest BCUT2D eigenvalue weighted by molar-refractivity contribution is 5.08. The molecule has 4 fully saturated rings. The van der Waals surface area contributed by atoms with Gasteiger partial charge in [0.1, 0.15) is 0 Å². The van der Waals surface area contributed by atoms with Crippen LogP contribution in [0.1, 0.15) is 47.0 Å². The van der Waals surface area contributed by atoms with Crippen molar-refractivity contribution >= 4 is 0 Å². The summed E-state index contributed by atoms with van der Waals surface area (Å²) in [6.45, 7) is 16.7. The van der Waals surface area contributed by atoms with Crippen molar-refractivity contribution in [2.24, 2.45) is 35.5 Å². The van der Waals surface area contributed by atoms with Gasteiger partial charge in [-0.3, -0.25) is 4.90 Å². The Labute approximate surface area is 131 Å². The van der Waals surface area contributed by atoms with Crippen LogP contribution in [0.5, 0.6) is 0 Å². The Hall–Kier alpha value is -0.0800. The summed E-state index contributed by atoms with van der Waals surface area (Å²) < 4.78 is 0. The van der Waals surface area contributed by atoms with Gasteiger partial charge in [-0.15, -0.1) is 0 Å². The Bertz CT molecular complexity index is 378. The van der Waals surface area contributed by atoms with Crippen molar-refractivity contribution in [1.82, 2.24) is 9.80 Å². The fraction of sp³-hybridized carbons (Fsp3) is 1.00. The van der Waals surface area contributed by atoms with Gasteiger partial charge in [0.2, 0.25) is 0 Å². The zero-order valence-corrected chi connectivity index (χ0v) is 14.5. The molecule has 21 heavy (non-hydrogen) atoms. The molecule has 0 N–H and O–H groups in total. The van der Waals surface area contributed by atoms with E-state index in [0.717, 1.165) is 35.5 Å². The zero-order chi connectivity index (χ0) is 14.8. The quantitative estimate of drug-likeness (QED) is 0.766. The van der Waals surface area contributed by atoms with E-state index in [1.54, 1.807) is 0 Å². The number of likely N-dealkylation sites (tertiary alicyclic amines) is 2. The third-order valence-electron chi connectivity index (χ3n) is 7.15. The number of rotatable bonds is 5. The van der Waals surface area contributed by atoms with Gasteiger partial charge in [-0.2, -0.15) is 0 Å². The van der Waals surface area contributed by atoms with Crippen LogP contribution in [0.3, 0.4) is 0 Å². The topological polar surface area (TPSA) is 6.48 Å². The van der Waals surface area contributed by atoms with E-state index in [4.69, 9.17) is 0 Å². The molecule has 2 saturated carbocycles. The summed E-state index contributed by atoms with van der Waals surface area (Å²) in [5.74, 6) is 6.08. The van der Waals surface area contributed by atoms with Crippen LogP contribution in [0.4, 0.5) is 0 Å². The van der Waals surface area contributed by atoms with Crippen LogP contribution < -0.4 is 0 Å². The summed E-state index contributed by atoms with van der Waals surface area (Å²) in [6.07, 6.45) is 4.48. The maximum Gasteiger partial charge on any atom is 0.0156 e. The monoisotopic (exact) mass is 290 g/mol. The van der Waals surface area contributed by atoms with E-state index in [1.165, 1.54) is 52.0 Å². The van der Waals surface area contributed by atoms with Crippen molar-refractivity contribution in [3.05, 3.63) is 0 Å². The molecular weight excluding hydrogens is 256 g/mol. The molecule has 0 spiro atoms. The maximum atomic E-state index is 2.84. The predicted molar refractivity (Wildman–Crippen MR) is 88.2 cm³/mol. The molecule has 2 saturated heterocycles. The minimum absolute atomic E-state index is 0.454. The summed E-state index contributed by atoms with van der Waals surface area (Å²) in [5.41, 5.74) is 0.454. The first kappa shape index (κ1) is 14.5. The van der Waals surface area contributed by atoms with Gasteiger partial charge in [-0.1, -0.05) is 13.8 Å². The average molecular weight is 290 g/mol. The molecule has 4 unspecified atom stereocenters. The molecular formula is C19H34N2. The number of nitrogens with zero attached hydrogens (tertiary/aromatic N) is 2. The highest BCUT2D eigenvalue weighted by Gasteiger charge is 2.57. The molecule has 0 bridgehead atoms. The zero-order valence-electron chi connectivity index (χ0n) is 14.5. The third-order valence-corrected chi connectivity index (χ3v) is 7.15. The first-order valence-corrected chi connectivity index (χ1v) is 9.41. The third kappa shape index (κ3) is 2.57. The van der Waals surface area contributed by atoms with Gasteiger partial charge >= 0.3 is 0 Å². The minimum Gasteiger partial charge on any atom is -0.302 e. The molecule has 0 aromatic heterocycles. The number of fused-ring (bicyclic) bond motifs is 2. The molecule has 2 heterocycles. The SMILES string of the molecule is CC(C)CN1CC2C(C1)C2CC(C)(C)N1CC2CCC2C1. The van der Waals surface area contributed by atoms with Crippen molar-refractivity contribution in [3.63, 3.8) is 0 Å². The first-order valence-electron chi connectivity index (χ1n) is 9.41. The normalized spacial score (nSPS) is 43.0. The maximum absolute atomic E-state index is 2.84. The molecule has 0 aromatic rings. The molecule has 4 aliphatic rings. The largest absolute Gasteiger partial charge is 0.302 e. The van der Waals surface area contributed by atoms with E-state index >= 15 is 0 Å². The summed E-state index contributed by atoms with van der Waals surface area (Å²) in [5, 5.41) is 0. The molecule has 0 aromatic carbocycles. The summed E-state index contributed by atoms with van der Waals surface area (Å²) in [7, 11) is 0. The van der Waals surface area contributed by atoms with Gasteiger partial charge in [0.15, 0.2) is 0 Å². The fourth-order valence-electron chi connectivity index (χ4n) is 5.66. The Balaban J connectivity index is 1.28. The lowest BCUT2D eigenvalue weighted by Gasteiger charge is -2.37.